The van der Waals surface area contributed by atoms with Gasteiger partial charge >= 0.3 is 0 Å². The van der Waals surface area contributed by atoms with Gasteiger partial charge in [-0.05, 0) is 79.3 Å². The fourth-order valence-corrected chi connectivity index (χ4v) is 3.60. The molecule has 0 saturated carbocycles. The predicted molar refractivity (Wildman–Crippen MR) is 101 cm³/mol. The Morgan fingerprint density at radius 1 is 0.739 bits per heavy atom. The summed E-state index contributed by atoms with van der Waals surface area (Å²) in [5, 5.41) is 5.50. The molecule has 0 aliphatic carbocycles. The highest BCUT2D eigenvalue weighted by Gasteiger charge is 2.10. The molecule has 120 valence electrons. The zero-order valence-electron chi connectivity index (χ0n) is 14.9. The number of fused-ring (bicyclic) bond motifs is 2. The van der Waals surface area contributed by atoms with Gasteiger partial charge in [0.2, 0.25) is 0 Å². The first-order valence-electron chi connectivity index (χ1n) is 8.21. The summed E-state index contributed by atoms with van der Waals surface area (Å²) < 4.78 is 0. The molecule has 23 heavy (non-hydrogen) atoms. The zero-order valence-corrected chi connectivity index (χ0v) is 14.9. The van der Waals surface area contributed by atoms with Crippen LogP contribution in [0.4, 0.5) is 0 Å². The lowest BCUT2D eigenvalue weighted by Gasteiger charge is -2.21. The van der Waals surface area contributed by atoms with Crippen molar-refractivity contribution in [1.29, 1.82) is 0 Å². The van der Waals surface area contributed by atoms with Crippen LogP contribution in [0.25, 0.3) is 21.5 Å². The number of aryl methyl sites for hydroxylation is 2. The van der Waals surface area contributed by atoms with Crippen LogP contribution in [0.5, 0.6) is 0 Å². The lowest BCUT2D eigenvalue weighted by molar-refractivity contribution is 0.204. The Morgan fingerprint density at radius 2 is 1.30 bits per heavy atom. The first kappa shape index (κ1) is 16.0. The number of rotatable bonds is 4. The van der Waals surface area contributed by atoms with Crippen LogP contribution in [0.2, 0.25) is 0 Å². The van der Waals surface area contributed by atoms with Gasteiger partial charge < -0.3 is 0 Å². The third-order valence-corrected chi connectivity index (χ3v) is 4.60. The van der Waals surface area contributed by atoms with Crippen molar-refractivity contribution in [3.63, 3.8) is 0 Å². The normalized spacial score (nSPS) is 12.0. The maximum atomic E-state index is 2.37. The van der Waals surface area contributed by atoms with Crippen molar-refractivity contribution >= 4 is 21.5 Å². The Balaban J connectivity index is 2.09. The van der Waals surface area contributed by atoms with Gasteiger partial charge in [0.1, 0.15) is 0 Å². The van der Waals surface area contributed by atoms with E-state index in [1.54, 1.807) is 0 Å². The van der Waals surface area contributed by atoms with Crippen LogP contribution < -0.4 is 0 Å². The van der Waals surface area contributed by atoms with Crippen LogP contribution in [0.3, 0.4) is 0 Å². The van der Waals surface area contributed by atoms with Gasteiger partial charge in [0, 0.05) is 6.54 Å². The monoisotopic (exact) mass is 306 g/mol. The Bertz CT molecular complexity index is 849. The molecular weight excluding hydrogens is 280 g/mol. The molecule has 0 atom stereocenters. The highest BCUT2D eigenvalue weighted by atomic mass is 15.3. The molecule has 0 radical (unpaired) electrons. The van der Waals surface area contributed by atoms with Gasteiger partial charge in [-0.25, -0.2) is 0 Å². The first-order chi connectivity index (χ1) is 11.0. The molecule has 0 aliphatic rings. The van der Waals surface area contributed by atoms with E-state index in [0.717, 1.165) is 13.2 Å². The standard InChI is InChI=1S/C21H26N2/c1-15-18-8-6-7-9-19(18)16(2)21-12-17(10-11-20(15)21)13-23(5)14-22(3)4/h6-12H,13-14H2,1-5H3. The Morgan fingerprint density at radius 3 is 1.91 bits per heavy atom. The molecule has 3 rings (SSSR count). The summed E-state index contributed by atoms with van der Waals surface area (Å²) in [6, 6.07) is 15.7. The molecular formula is C21H26N2. The van der Waals surface area contributed by atoms with Crippen LogP contribution >= 0.6 is 0 Å². The van der Waals surface area contributed by atoms with E-state index in [9.17, 15) is 0 Å². The molecule has 0 amide bonds. The molecule has 0 unspecified atom stereocenters. The third kappa shape index (κ3) is 3.10. The van der Waals surface area contributed by atoms with E-state index in [1.807, 2.05) is 0 Å². The van der Waals surface area contributed by atoms with Gasteiger partial charge in [0.05, 0.1) is 6.67 Å². The van der Waals surface area contributed by atoms with E-state index >= 15 is 0 Å². The summed E-state index contributed by atoms with van der Waals surface area (Å²) in [6.45, 7) is 6.42. The largest absolute Gasteiger partial charge is 0.297 e. The highest BCUT2D eigenvalue weighted by molar-refractivity contribution is 6.05. The number of hydrogen-bond acceptors (Lipinski definition) is 2. The second-order valence-corrected chi connectivity index (χ2v) is 6.91. The van der Waals surface area contributed by atoms with Gasteiger partial charge in [0.15, 0.2) is 0 Å². The zero-order chi connectivity index (χ0) is 16.6. The predicted octanol–water partition coefficient (Wildman–Crippen LogP) is 4.56. The van der Waals surface area contributed by atoms with Gasteiger partial charge in [0.25, 0.3) is 0 Å². The van der Waals surface area contributed by atoms with E-state index < -0.39 is 0 Å². The average Bonchev–Trinajstić information content (AvgIpc) is 2.51. The van der Waals surface area contributed by atoms with E-state index in [1.165, 1.54) is 38.2 Å². The molecule has 0 aromatic heterocycles. The summed E-state index contributed by atoms with van der Waals surface area (Å²) >= 11 is 0. The smallest absolute Gasteiger partial charge is 0.0501 e. The molecule has 0 heterocycles. The van der Waals surface area contributed by atoms with Crippen molar-refractivity contribution in [2.24, 2.45) is 0 Å². The van der Waals surface area contributed by atoms with Crippen molar-refractivity contribution < 1.29 is 0 Å². The molecule has 0 N–H and O–H groups in total. The minimum atomic E-state index is 0.966. The fourth-order valence-electron chi connectivity index (χ4n) is 3.60. The second kappa shape index (κ2) is 6.31. The van der Waals surface area contributed by atoms with Gasteiger partial charge in [-0.15, -0.1) is 0 Å². The van der Waals surface area contributed by atoms with E-state index in [2.05, 4.69) is 87.3 Å². The molecule has 0 aliphatic heterocycles. The number of nitrogens with zero attached hydrogens (tertiary/aromatic N) is 2. The van der Waals surface area contributed by atoms with Crippen molar-refractivity contribution in [2.75, 3.05) is 27.8 Å². The summed E-state index contributed by atoms with van der Waals surface area (Å²) in [5.41, 5.74) is 4.15. The molecule has 3 aromatic carbocycles. The minimum Gasteiger partial charge on any atom is -0.297 e. The first-order valence-corrected chi connectivity index (χ1v) is 8.21. The van der Waals surface area contributed by atoms with Crippen molar-refractivity contribution in [2.45, 2.75) is 20.4 Å². The van der Waals surface area contributed by atoms with Crippen molar-refractivity contribution in [1.82, 2.24) is 9.80 Å². The van der Waals surface area contributed by atoms with Gasteiger partial charge in [-0.1, -0.05) is 36.4 Å². The highest BCUT2D eigenvalue weighted by Crippen LogP contribution is 2.32. The maximum absolute atomic E-state index is 2.37. The van der Waals surface area contributed by atoms with Crippen LogP contribution in [-0.4, -0.2) is 37.6 Å². The molecule has 0 bridgehead atoms. The fraction of sp³-hybridized carbons (Fsp3) is 0.333. The van der Waals surface area contributed by atoms with Gasteiger partial charge in [-0.3, -0.25) is 9.80 Å². The molecule has 0 spiro atoms. The number of benzene rings is 3. The number of hydrogen-bond donors (Lipinski definition) is 0. The molecule has 2 nitrogen and oxygen atoms in total. The Kier molecular flexibility index (Phi) is 4.38. The summed E-state index contributed by atoms with van der Waals surface area (Å²) in [6.07, 6.45) is 0. The SMILES string of the molecule is Cc1c2ccccc2c(C)c2cc(CN(C)CN(C)C)ccc12. The van der Waals surface area contributed by atoms with E-state index in [4.69, 9.17) is 0 Å². The summed E-state index contributed by atoms with van der Waals surface area (Å²) in [4.78, 5) is 4.54. The van der Waals surface area contributed by atoms with E-state index in [-0.39, 0.29) is 0 Å². The second-order valence-electron chi connectivity index (χ2n) is 6.91. The van der Waals surface area contributed by atoms with Crippen molar-refractivity contribution in [3.8, 4) is 0 Å². The maximum Gasteiger partial charge on any atom is 0.0501 e. The summed E-state index contributed by atoms with van der Waals surface area (Å²) in [5.74, 6) is 0. The third-order valence-electron chi connectivity index (χ3n) is 4.60. The Hall–Kier alpha value is -1.90. The molecule has 2 heteroatoms. The topological polar surface area (TPSA) is 6.48 Å². The lowest BCUT2D eigenvalue weighted by atomic mass is 9.92. The van der Waals surface area contributed by atoms with Crippen LogP contribution in [0.1, 0.15) is 16.7 Å². The molecule has 3 aromatic rings. The Labute approximate surface area is 139 Å². The average molecular weight is 306 g/mol. The molecule has 0 saturated heterocycles. The van der Waals surface area contributed by atoms with Crippen molar-refractivity contribution in [3.05, 3.63) is 59.2 Å². The summed E-state index contributed by atoms with van der Waals surface area (Å²) in [7, 11) is 6.38. The van der Waals surface area contributed by atoms with E-state index in [0.29, 0.717) is 0 Å². The van der Waals surface area contributed by atoms with Crippen LogP contribution in [-0.2, 0) is 6.54 Å². The van der Waals surface area contributed by atoms with Gasteiger partial charge in [-0.2, -0.15) is 0 Å². The quantitative estimate of drug-likeness (QED) is 0.515. The van der Waals surface area contributed by atoms with Crippen LogP contribution in [0, 0.1) is 13.8 Å². The molecule has 0 fully saturated rings. The van der Waals surface area contributed by atoms with Crippen LogP contribution in [0.15, 0.2) is 42.5 Å². The lowest BCUT2D eigenvalue weighted by Crippen LogP contribution is -2.29. The minimum absolute atomic E-state index is 0.966.